The SMILES string of the molecule is CC(C)C[C@H](N)C(=O)C[C@@H](Cc1ccc(O)cc1)C(=O)N[C@@H](CCCN=C(N)N)C(=O)C[C@@H](C)C(=O)N[C@@H](Cc1ccc(O)cc1)C(=O)Sc1ccc(C(=O)O)cc1. The second kappa shape index (κ2) is 22.9. The topological polar surface area (TPSA) is 278 Å². The summed E-state index contributed by atoms with van der Waals surface area (Å²) in [6, 6.07) is 15.1. The van der Waals surface area contributed by atoms with Gasteiger partial charge in [-0.15, -0.1) is 0 Å². The summed E-state index contributed by atoms with van der Waals surface area (Å²) in [7, 11) is 0. The summed E-state index contributed by atoms with van der Waals surface area (Å²) in [5.74, 6) is -4.88. The number of thioether (sulfide) groups is 1. The number of nitrogens with one attached hydrogen (secondary N) is 2. The van der Waals surface area contributed by atoms with Crippen molar-refractivity contribution in [1.82, 2.24) is 10.6 Å². The van der Waals surface area contributed by atoms with Gasteiger partial charge in [0.15, 0.2) is 11.7 Å². The third-order valence-electron chi connectivity index (χ3n) is 9.28. The third-order valence-corrected chi connectivity index (χ3v) is 10.3. The third kappa shape index (κ3) is 16.0. The Morgan fingerprint density at radius 2 is 1.28 bits per heavy atom. The number of amides is 2. The van der Waals surface area contributed by atoms with Crippen LogP contribution in [0, 0.1) is 17.8 Å². The van der Waals surface area contributed by atoms with Crippen molar-refractivity contribution in [2.24, 2.45) is 39.9 Å². The molecule has 0 heterocycles. The number of nitrogens with two attached hydrogens (primary N) is 3. The molecule has 3 rings (SSSR count). The van der Waals surface area contributed by atoms with Crippen molar-refractivity contribution >= 4 is 52.2 Å². The molecule has 0 saturated carbocycles. The molecule has 312 valence electrons. The van der Waals surface area contributed by atoms with Gasteiger partial charge < -0.3 is 43.2 Å². The van der Waals surface area contributed by atoms with Gasteiger partial charge in [0.05, 0.1) is 17.6 Å². The Labute approximate surface area is 342 Å². The standard InChI is InChI=1S/C42H54N6O9S/c1-24(2)19-33(43)36(51)23-29(21-26-6-12-30(49)13-7-26)39(54)47-34(5-4-18-46-42(44)45)37(52)20-25(3)38(53)48-35(22-27-8-14-31(50)15-9-27)41(57)58-32-16-10-28(11-17-32)40(55)56/h6-17,24-25,29,33-35,49-50H,4-5,18-23,43H2,1-3H3,(H,47,54)(H,48,53)(H,55,56)(H4,44,45,46)/t25-,29-,33+,34+,35+/m1/s1. The molecule has 0 unspecified atom stereocenters. The zero-order valence-electron chi connectivity index (χ0n) is 32.9. The van der Waals surface area contributed by atoms with Crippen molar-refractivity contribution in [3.05, 3.63) is 89.5 Å². The molecule has 3 aromatic rings. The van der Waals surface area contributed by atoms with E-state index >= 15 is 0 Å². The number of aliphatic imine (C=N–C) groups is 1. The van der Waals surface area contributed by atoms with Gasteiger partial charge in [0.25, 0.3) is 0 Å². The molecule has 0 spiro atoms. The van der Waals surface area contributed by atoms with Crippen LogP contribution in [-0.4, -0.2) is 80.4 Å². The molecule has 16 heteroatoms. The van der Waals surface area contributed by atoms with Crippen molar-refractivity contribution in [2.75, 3.05) is 6.54 Å². The molecular formula is C42H54N6O9S. The highest BCUT2D eigenvalue weighted by atomic mass is 32.2. The smallest absolute Gasteiger partial charge is 0.335 e. The molecule has 0 fully saturated rings. The maximum Gasteiger partial charge on any atom is 0.335 e. The number of carbonyl (C=O) groups is 6. The van der Waals surface area contributed by atoms with Gasteiger partial charge in [0.2, 0.25) is 16.9 Å². The number of guanidine groups is 1. The van der Waals surface area contributed by atoms with Gasteiger partial charge >= 0.3 is 5.97 Å². The fourth-order valence-electron chi connectivity index (χ4n) is 6.08. The summed E-state index contributed by atoms with van der Waals surface area (Å²) in [4.78, 5) is 84.0. The summed E-state index contributed by atoms with van der Waals surface area (Å²) in [5, 5.41) is 33.9. The Balaban J connectivity index is 1.81. The number of carboxylic acids is 1. The number of carbonyl (C=O) groups excluding carboxylic acids is 5. The highest BCUT2D eigenvalue weighted by Gasteiger charge is 2.32. The van der Waals surface area contributed by atoms with Crippen LogP contribution in [0.2, 0.25) is 0 Å². The van der Waals surface area contributed by atoms with Crippen LogP contribution in [-0.2, 0) is 36.8 Å². The molecular weight excluding hydrogens is 765 g/mol. The summed E-state index contributed by atoms with van der Waals surface area (Å²) < 4.78 is 0. The number of benzene rings is 3. The van der Waals surface area contributed by atoms with Crippen molar-refractivity contribution in [2.45, 2.75) is 88.7 Å². The number of hydrogen-bond acceptors (Lipinski definition) is 11. The van der Waals surface area contributed by atoms with Gasteiger partial charge in [0, 0.05) is 42.5 Å². The largest absolute Gasteiger partial charge is 0.508 e. The van der Waals surface area contributed by atoms with Crippen LogP contribution in [0.4, 0.5) is 0 Å². The lowest BCUT2D eigenvalue weighted by Gasteiger charge is -2.24. The van der Waals surface area contributed by atoms with Crippen LogP contribution in [0.1, 0.15) is 74.4 Å². The lowest BCUT2D eigenvalue weighted by molar-refractivity contribution is -0.134. The summed E-state index contributed by atoms with van der Waals surface area (Å²) >= 11 is 0.816. The average Bonchev–Trinajstić information content (AvgIpc) is 3.16. The quantitative estimate of drug-likeness (QED) is 0.0295. The lowest BCUT2D eigenvalue weighted by atomic mass is 9.88. The van der Waals surface area contributed by atoms with E-state index in [4.69, 9.17) is 17.2 Å². The van der Waals surface area contributed by atoms with E-state index in [1.54, 1.807) is 24.3 Å². The fourth-order valence-corrected chi connectivity index (χ4v) is 6.87. The molecule has 5 atom stereocenters. The molecule has 0 aliphatic heterocycles. The number of ketones is 2. The number of phenols is 2. The number of aromatic carboxylic acids is 1. The number of carboxylic acid groups (broad SMARTS) is 1. The molecule has 0 bridgehead atoms. The van der Waals surface area contributed by atoms with E-state index in [9.17, 15) is 44.1 Å². The van der Waals surface area contributed by atoms with Gasteiger partial charge in [-0.1, -0.05) is 45.0 Å². The molecule has 0 radical (unpaired) electrons. The number of rotatable bonds is 23. The van der Waals surface area contributed by atoms with Gasteiger partial charge in [-0.2, -0.15) is 0 Å². The molecule has 58 heavy (non-hydrogen) atoms. The monoisotopic (exact) mass is 818 g/mol. The Morgan fingerprint density at radius 1 is 0.724 bits per heavy atom. The van der Waals surface area contributed by atoms with Crippen LogP contribution >= 0.6 is 11.8 Å². The molecule has 0 aliphatic carbocycles. The number of nitrogens with zero attached hydrogens (tertiary/aromatic N) is 1. The number of aromatic hydroxyl groups is 2. The molecule has 11 N–H and O–H groups in total. The van der Waals surface area contributed by atoms with Crippen molar-refractivity contribution in [3.63, 3.8) is 0 Å². The first-order valence-electron chi connectivity index (χ1n) is 19.0. The molecule has 2 amide bonds. The van der Waals surface area contributed by atoms with Crippen LogP contribution in [0.3, 0.4) is 0 Å². The first-order chi connectivity index (χ1) is 27.4. The van der Waals surface area contributed by atoms with Gasteiger partial charge in [-0.25, -0.2) is 4.79 Å². The highest BCUT2D eigenvalue weighted by molar-refractivity contribution is 8.13. The molecule has 0 saturated heterocycles. The second-order valence-corrected chi connectivity index (χ2v) is 15.8. The van der Waals surface area contributed by atoms with Crippen molar-refractivity contribution < 1.29 is 44.1 Å². The first-order valence-corrected chi connectivity index (χ1v) is 19.8. The predicted octanol–water partition coefficient (Wildman–Crippen LogP) is 3.47. The minimum absolute atomic E-state index is 0.0172. The normalized spacial score (nSPS) is 13.7. The van der Waals surface area contributed by atoms with Gasteiger partial charge in [-0.3, -0.25) is 29.0 Å². The van der Waals surface area contributed by atoms with E-state index in [1.165, 1.54) is 55.5 Å². The maximum absolute atomic E-state index is 14.0. The molecule has 15 nitrogen and oxygen atoms in total. The summed E-state index contributed by atoms with van der Waals surface area (Å²) in [6.45, 7) is 5.55. The van der Waals surface area contributed by atoms with E-state index in [1.807, 2.05) is 13.8 Å². The Hall–Kier alpha value is -5.74. The van der Waals surface area contributed by atoms with E-state index < -0.39 is 58.6 Å². The number of phenolic OH excluding ortho intramolecular Hbond substituents is 2. The Kier molecular flexibility index (Phi) is 18.4. The zero-order valence-corrected chi connectivity index (χ0v) is 33.7. The van der Waals surface area contributed by atoms with Gasteiger partial charge in [-0.05, 0) is 103 Å². The molecule has 3 aromatic carbocycles. The van der Waals surface area contributed by atoms with Crippen LogP contribution in [0.5, 0.6) is 11.5 Å². The Morgan fingerprint density at radius 3 is 1.81 bits per heavy atom. The predicted molar refractivity (Wildman–Crippen MR) is 221 cm³/mol. The van der Waals surface area contributed by atoms with Crippen LogP contribution in [0.25, 0.3) is 0 Å². The minimum Gasteiger partial charge on any atom is -0.508 e. The average molecular weight is 819 g/mol. The highest BCUT2D eigenvalue weighted by Crippen LogP contribution is 2.24. The number of Topliss-reactive ketones (excluding diaryl/α,β-unsaturated/α-hetero) is 2. The van der Waals surface area contributed by atoms with Crippen LogP contribution < -0.4 is 27.8 Å². The number of hydrogen-bond donors (Lipinski definition) is 8. The van der Waals surface area contributed by atoms with E-state index in [-0.39, 0.29) is 73.4 Å². The van der Waals surface area contributed by atoms with E-state index in [0.717, 1.165) is 11.8 Å². The molecule has 0 aliphatic rings. The Bertz CT molecular complexity index is 1900. The fraction of sp³-hybridized carbons (Fsp3) is 0.405. The van der Waals surface area contributed by atoms with Crippen LogP contribution in [0.15, 0.2) is 82.7 Å². The van der Waals surface area contributed by atoms with Crippen molar-refractivity contribution in [1.29, 1.82) is 0 Å². The van der Waals surface area contributed by atoms with Gasteiger partial charge in [0.1, 0.15) is 23.3 Å². The minimum atomic E-state index is -1.12. The summed E-state index contributed by atoms with van der Waals surface area (Å²) in [6.07, 6.45) is 0.509. The van der Waals surface area contributed by atoms with E-state index in [0.29, 0.717) is 28.9 Å². The molecule has 0 aromatic heterocycles. The van der Waals surface area contributed by atoms with E-state index in [2.05, 4.69) is 15.6 Å². The zero-order chi connectivity index (χ0) is 42.9. The maximum atomic E-state index is 14.0. The summed E-state index contributed by atoms with van der Waals surface area (Å²) in [5.41, 5.74) is 18.5. The lowest BCUT2D eigenvalue weighted by Crippen LogP contribution is -2.47. The first kappa shape index (κ1) is 46.6. The second-order valence-electron chi connectivity index (χ2n) is 14.7. The van der Waals surface area contributed by atoms with Crippen molar-refractivity contribution in [3.8, 4) is 11.5 Å².